The summed E-state index contributed by atoms with van der Waals surface area (Å²) in [4.78, 5) is 25.9. The topological polar surface area (TPSA) is 103 Å². The summed E-state index contributed by atoms with van der Waals surface area (Å²) >= 11 is 0. The number of nitrogens with one attached hydrogen (secondary N) is 1. The van der Waals surface area contributed by atoms with Crippen molar-refractivity contribution in [3.63, 3.8) is 0 Å². The van der Waals surface area contributed by atoms with Crippen LogP contribution in [0.1, 0.15) is 52.2 Å². The molecule has 0 radical (unpaired) electrons. The number of amides is 1. The number of hydrogen-bond donors (Lipinski definition) is 2. The first kappa shape index (κ1) is 34.5. The van der Waals surface area contributed by atoms with E-state index in [4.69, 9.17) is 18.3 Å². The number of carboxylic acid groups (broad SMARTS) is 1. The van der Waals surface area contributed by atoms with Crippen molar-refractivity contribution in [1.82, 2.24) is 5.32 Å². The first-order chi connectivity index (χ1) is 19.3. The predicted molar refractivity (Wildman–Crippen MR) is 168 cm³/mol. The van der Waals surface area contributed by atoms with Crippen LogP contribution in [0.15, 0.2) is 54.6 Å². The number of alkyl carbamates (subject to hydrolysis) is 1. The molecule has 41 heavy (non-hydrogen) atoms. The molecule has 3 unspecified atom stereocenters. The summed E-state index contributed by atoms with van der Waals surface area (Å²) in [6.45, 7) is 13.7. The monoisotopic (exact) mass is 603 g/mol. The highest BCUT2D eigenvalue weighted by Gasteiger charge is 2.45. The van der Waals surface area contributed by atoms with Crippen LogP contribution in [0.5, 0.6) is 5.75 Å². The molecule has 228 valence electrons. The quantitative estimate of drug-likeness (QED) is 0.211. The Morgan fingerprint density at radius 3 is 1.93 bits per heavy atom. The molecule has 0 aliphatic rings. The third-order valence-corrected chi connectivity index (χ3v) is 8.49. The largest absolute Gasteiger partial charge is 0.497 e. The second-order valence-corrected chi connectivity index (χ2v) is 13.8. The van der Waals surface area contributed by atoms with Crippen molar-refractivity contribution < 1.29 is 33.0 Å². The third-order valence-electron chi connectivity index (χ3n) is 7.21. The van der Waals surface area contributed by atoms with Gasteiger partial charge < -0.3 is 28.7 Å². The van der Waals surface area contributed by atoms with Crippen molar-refractivity contribution in [3.05, 3.63) is 65.7 Å². The fraction of sp³-hybridized carbons (Fsp3) is 0.548. The SMILES string of the molecule is COc1ccc(CC(CC(C(Cc2ccccc2)NC(=O)OC(C)(C)C)C(C)(C)C(O[SiH2]C)O[SiH2]C)C(=O)O)cc1. The van der Waals surface area contributed by atoms with E-state index in [1.807, 2.05) is 75.4 Å². The lowest BCUT2D eigenvalue weighted by Gasteiger charge is -2.45. The molecule has 0 fully saturated rings. The Labute approximate surface area is 250 Å². The molecular formula is C31H49NO7Si2. The van der Waals surface area contributed by atoms with E-state index in [-0.39, 0.29) is 5.92 Å². The average molecular weight is 604 g/mol. The molecule has 0 aliphatic carbocycles. The molecule has 0 spiro atoms. The van der Waals surface area contributed by atoms with Gasteiger partial charge in [0.25, 0.3) is 0 Å². The number of benzene rings is 2. The number of rotatable bonds is 16. The molecule has 0 aliphatic heterocycles. The van der Waals surface area contributed by atoms with Crippen molar-refractivity contribution in [2.24, 2.45) is 17.3 Å². The summed E-state index contributed by atoms with van der Waals surface area (Å²) in [6, 6.07) is 16.9. The van der Waals surface area contributed by atoms with Gasteiger partial charge in [-0.3, -0.25) is 4.79 Å². The zero-order valence-corrected chi connectivity index (χ0v) is 28.8. The fourth-order valence-electron chi connectivity index (χ4n) is 5.19. The van der Waals surface area contributed by atoms with Gasteiger partial charge in [0, 0.05) is 11.5 Å². The standard InChI is InChI=1S/C31H49NO7Si2/c1-30(2,3)37-29(35)32-26(19-21-12-10-9-11-13-21)25(31(4,5)28(38-40-7)39-41-8)20-23(27(33)34)18-22-14-16-24(36-6)17-15-22/h9-17,23,25-26,28H,18-20,40-41H2,1-8H3,(H,32,35)(H,33,34). The highest BCUT2D eigenvalue weighted by molar-refractivity contribution is 6.26. The minimum Gasteiger partial charge on any atom is -0.497 e. The van der Waals surface area contributed by atoms with Gasteiger partial charge in [-0.05, 0) is 69.2 Å². The Morgan fingerprint density at radius 1 is 0.878 bits per heavy atom. The lowest BCUT2D eigenvalue weighted by molar-refractivity contribution is -0.145. The maximum Gasteiger partial charge on any atom is 0.407 e. The van der Waals surface area contributed by atoms with Crippen LogP contribution in [0, 0.1) is 17.3 Å². The highest BCUT2D eigenvalue weighted by atomic mass is 28.2. The maximum atomic E-state index is 13.2. The van der Waals surface area contributed by atoms with Gasteiger partial charge in [-0.25, -0.2) is 4.79 Å². The molecular weight excluding hydrogens is 555 g/mol. The minimum absolute atomic E-state index is 0.307. The fourth-order valence-corrected chi connectivity index (χ4v) is 7.04. The molecule has 0 bridgehead atoms. The van der Waals surface area contributed by atoms with Gasteiger partial charge in [0.2, 0.25) is 0 Å². The Kier molecular flexibility index (Phi) is 13.6. The van der Waals surface area contributed by atoms with Gasteiger partial charge in [0.05, 0.1) is 13.0 Å². The first-order valence-electron chi connectivity index (χ1n) is 14.4. The van der Waals surface area contributed by atoms with Crippen LogP contribution < -0.4 is 10.1 Å². The van der Waals surface area contributed by atoms with Crippen molar-refractivity contribution in [3.8, 4) is 5.75 Å². The molecule has 0 saturated heterocycles. The van der Waals surface area contributed by atoms with Crippen LogP contribution in [0.25, 0.3) is 0 Å². The zero-order chi connectivity index (χ0) is 30.6. The Bertz CT molecular complexity index is 1070. The van der Waals surface area contributed by atoms with E-state index in [2.05, 4.69) is 32.3 Å². The number of hydrogen-bond acceptors (Lipinski definition) is 6. The van der Waals surface area contributed by atoms with Gasteiger partial charge in [0.15, 0.2) is 19.5 Å². The Morgan fingerprint density at radius 2 is 1.44 bits per heavy atom. The van der Waals surface area contributed by atoms with Crippen LogP contribution in [0.4, 0.5) is 4.79 Å². The predicted octanol–water partition coefficient (Wildman–Crippen LogP) is 4.73. The van der Waals surface area contributed by atoms with Crippen LogP contribution >= 0.6 is 0 Å². The molecule has 10 heteroatoms. The number of ether oxygens (including phenoxy) is 2. The van der Waals surface area contributed by atoms with E-state index in [1.54, 1.807) is 7.11 Å². The van der Waals surface area contributed by atoms with Gasteiger partial charge in [-0.15, -0.1) is 0 Å². The molecule has 8 nitrogen and oxygen atoms in total. The number of carbonyl (C=O) groups is 2. The first-order valence-corrected chi connectivity index (χ1v) is 18.4. The van der Waals surface area contributed by atoms with Gasteiger partial charge >= 0.3 is 12.1 Å². The van der Waals surface area contributed by atoms with E-state index in [1.165, 1.54) is 0 Å². The van der Waals surface area contributed by atoms with E-state index in [0.29, 0.717) is 25.0 Å². The molecule has 0 heterocycles. The second-order valence-electron chi connectivity index (χ2n) is 11.9. The second kappa shape index (κ2) is 16.1. The number of carboxylic acids is 1. The van der Waals surface area contributed by atoms with Gasteiger partial charge in [0.1, 0.15) is 17.6 Å². The highest BCUT2D eigenvalue weighted by Crippen LogP contribution is 2.41. The van der Waals surface area contributed by atoms with Crippen LogP contribution in [0.2, 0.25) is 13.1 Å². The minimum atomic E-state index is -0.884. The van der Waals surface area contributed by atoms with E-state index in [9.17, 15) is 14.7 Å². The van der Waals surface area contributed by atoms with Gasteiger partial charge in [-0.1, -0.05) is 69.4 Å². The van der Waals surface area contributed by atoms with Crippen molar-refractivity contribution in [1.29, 1.82) is 0 Å². The molecule has 2 rings (SSSR count). The lowest BCUT2D eigenvalue weighted by Crippen LogP contribution is -2.53. The smallest absolute Gasteiger partial charge is 0.407 e. The van der Waals surface area contributed by atoms with Crippen molar-refractivity contribution in [2.45, 2.75) is 84.9 Å². The zero-order valence-electron chi connectivity index (χ0n) is 25.9. The summed E-state index contributed by atoms with van der Waals surface area (Å²) in [5.41, 5.74) is 0.638. The summed E-state index contributed by atoms with van der Waals surface area (Å²) in [5, 5.41) is 13.5. The molecule has 0 aromatic heterocycles. The molecule has 2 aromatic carbocycles. The van der Waals surface area contributed by atoms with E-state index < -0.39 is 60.9 Å². The van der Waals surface area contributed by atoms with Crippen molar-refractivity contribution >= 4 is 31.6 Å². The molecule has 2 N–H and O–H groups in total. The van der Waals surface area contributed by atoms with Crippen LogP contribution in [0.3, 0.4) is 0 Å². The van der Waals surface area contributed by atoms with Crippen LogP contribution in [-0.4, -0.2) is 61.7 Å². The number of carbonyl (C=O) groups excluding carboxylic acids is 1. The molecule has 1 amide bonds. The third kappa shape index (κ3) is 11.3. The van der Waals surface area contributed by atoms with Gasteiger partial charge in [-0.2, -0.15) is 0 Å². The number of aliphatic carboxylic acids is 1. The normalized spacial score (nSPS) is 15.5. The Balaban J connectivity index is 2.57. The lowest BCUT2D eigenvalue weighted by atomic mass is 9.68. The van der Waals surface area contributed by atoms with E-state index >= 15 is 0 Å². The maximum absolute atomic E-state index is 13.2. The Hall–Kier alpha value is -2.67. The summed E-state index contributed by atoms with van der Waals surface area (Å²) < 4.78 is 23.4. The molecule has 0 saturated carbocycles. The van der Waals surface area contributed by atoms with Crippen molar-refractivity contribution in [2.75, 3.05) is 7.11 Å². The summed E-state index contributed by atoms with van der Waals surface area (Å²) in [7, 11) is -0.0598. The van der Waals surface area contributed by atoms with E-state index in [0.717, 1.165) is 11.1 Å². The molecule has 2 aromatic rings. The summed E-state index contributed by atoms with van der Waals surface area (Å²) in [6.07, 6.45) is 0.127. The molecule has 3 atom stereocenters. The average Bonchev–Trinajstić information content (AvgIpc) is 2.90. The number of methoxy groups -OCH3 is 1. The summed E-state index contributed by atoms with van der Waals surface area (Å²) in [5.74, 6) is -1.19. The van der Waals surface area contributed by atoms with Crippen LogP contribution in [-0.2, 0) is 31.2 Å².